The van der Waals surface area contributed by atoms with E-state index in [1.54, 1.807) is 0 Å². The van der Waals surface area contributed by atoms with E-state index >= 15 is 0 Å². The van der Waals surface area contributed by atoms with Crippen molar-refractivity contribution in [2.75, 3.05) is 13.1 Å². The highest BCUT2D eigenvalue weighted by Gasteiger charge is 2.41. The lowest BCUT2D eigenvalue weighted by molar-refractivity contribution is 0.00812. The molecule has 198 valence electrons. The van der Waals surface area contributed by atoms with Gasteiger partial charge in [-0.3, -0.25) is 9.80 Å². The maximum absolute atomic E-state index is 6.54. The number of hydrogen-bond acceptors (Lipinski definition) is 4. The molecule has 0 bridgehead atoms. The summed E-state index contributed by atoms with van der Waals surface area (Å²) in [7, 11) is 0. The van der Waals surface area contributed by atoms with Gasteiger partial charge in [0.05, 0.1) is 0 Å². The van der Waals surface area contributed by atoms with Crippen LogP contribution in [-0.4, -0.2) is 59.1 Å². The van der Waals surface area contributed by atoms with Gasteiger partial charge in [0.15, 0.2) is 0 Å². The number of piperidine rings is 2. The standard InChI is InChI=1S/C30H58N4/c1-23-21-27(31)25-15-9-11-17-29(25)33(23)19-13-7-5-3-4-6-8-14-20-34-24(2)22-28(32)26-16-10-12-18-30(26)34/h23-30H,3-22,31-32H2,1-2H3. The molecule has 2 saturated heterocycles. The second kappa shape index (κ2) is 13.4. The van der Waals surface area contributed by atoms with Crippen molar-refractivity contribution in [3.63, 3.8) is 0 Å². The number of fused-ring (bicyclic) bond motifs is 2. The zero-order valence-corrected chi connectivity index (χ0v) is 22.8. The summed E-state index contributed by atoms with van der Waals surface area (Å²) >= 11 is 0. The second-order valence-corrected chi connectivity index (χ2v) is 12.8. The Hall–Kier alpha value is -0.160. The summed E-state index contributed by atoms with van der Waals surface area (Å²) < 4.78 is 0. The Morgan fingerprint density at radius 2 is 0.882 bits per heavy atom. The van der Waals surface area contributed by atoms with E-state index in [1.165, 1.54) is 129 Å². The largest absolute Gasteiger partial charge is 0.327 e. The van der Waals surface area contributed by atoms with Crippen LogP contribution in [0.5, 0.6) is 0 Å². The van der Waals surface area contributed by atoms with Crippen LogP contribution in [-0.2, 0) is 0 Å². The molecular weight excluding hydrogens is 416 g/mol. The van der Waals surface area contributed by atoms with Gasteiger partial charge in [0.25, 0.3) is 0 Å². The molecule has 34 heavy (non-hydrogen) atoms. The van der Waals surface area contributed by atoms with E-state index in [9.17, 15) is 0 Å². The van der Waals surface area contributed by atoms with Crippen molar-refractivity contribution in [1.29, 1.82) is 0 Å². The van der Waals surface area contributed by atoms with Crippen LogP contribution in [0.4, 0.5) is 0 Å². The summed E-state index contributed by atoms with van der Waals surface area (Å²) in [5.41, 5.74) is 13.1. The smallest absolute Gasteiger partial charge is 0.0141 e. The van der Waals surface area contributed by atoms with Gasteiger partial charge in [-0.2, -0.15) is 0 Å². The fraction of sp³-hybridized carbons (Fsp3) is 1.00. The predicted octanol–water partition coefficient (Wildman–Crippen LogP) is 6.07. The molecule has 4 rings (SSSR count). The Labute approximate surface area is 211 Å². The quantitative estimate of drug-likeness (QED) is 0.357. The van der Waals surface area contributed by atoms with Crippen LogP contribution in [0.2, 0.25) is 0 Å². The lowest BCUT2D eigenvalue weighted by atomic mass is 9.73. The van der Waals surface area contributed by atoms with E-state index in [2.05, 4.69) is 23.6 Å². The van der Waals surface area contributed by atoms with Crippen molar-refractivity contribution in [3.8, 4) is 0 Å². The first-order valence-corrected chi connectivity index (χ1v) is 15.6. The monoisotopic (exact) mass is 474 g/mol. The van der Waals surface area contributed by atoms with Crippen LogP contribution in [0.3, 0.4) is 0 Å². The molecule has 2 heterocycles. The number of likely N-dealkylation sites (tertiary alicyclic amines) is 2. The Kier molecular flexibility index (Phi) is 10.6. The molecule has 8 unspecified atom stereocenters. The average Bonchev–Trinajstić information content (AvgIpc) is 2.83. The highest BCUT2D eigenvalue weighted by Crippen LogP contribution is 2.38. The molecule has 4 aliphatic rings. The molecule has 4 fully saturated rings. The second-order valence-electron chi connectivity index (χ2n) is 12.8. The van der Waals surface area contributed by atoms with Crippen LogP contribution in [0.15, 0.2) is 0 Å². The molecule has 2 saturated carbocycles. The fourth-order valence-corrected chi connectivity index (χ4v) is 8.59. The minimum atomic E-state index is 0.455. The molecule has 2 aliphatic carbocycles. The first kappa shape index (κ1) is 26.9. The van der Waals surface area contributed by atoms with E-state index in [-0.39, 0.29) is 0 Å². The van der Waals surface area contributed by atoms with Gasteiger partial charge in [-0.05, 0) is 90.1 Å². The molecule has 0 aromatic rings. The van der Waals surface area contributed by atoms with Crippen LogP contribution in [0, 0.1) is 11.8 Å². The maximum atomic E-state index is 6.54. The van der Waals surface area contributed by atoms with E-state index in [0.717, 1.165) is 23.9 Å². The Morgan fingerprint density at radius 3 is 1.29 bits per heavy atom. The normalized spacial score (nSPS) is 39.5. The zero-order valence-electron chi connectivity index (χ0n) is 22.8. The average molecular weight is 475 g/mol. The van der Waals surface area contributed by atoms with Crippen molar-refractivity contribution in [2.45, 2.75) is 166 Å². The maximum Gasteiger partial charge on any atom is 0.0141 e. The third-order valence-electron chi connectivity index (χ3n) is 10.5. The van der Waals surface area contributed by atoms with Gasteiger partial charge >= 0.3 is 0 Å². The molecule has 0 aromatic carbocycles. The van der Waals surface area contributed by atoms with E-state index in [4.69, 9.17) is 11.5 Å². The molecule has 0 radical (unpaired) electrons. The number of hydrogen-bond donors (Lipinski definition) is 2. The summed E-state index contributed by atoms with van der Waals surface area (Å²) in [5.74, 6) is 1.55. The first-order valence-electron chi connectivity index (χ1n) is 15.6. The predicted molar refractivity (Wildman–Crippen MR) is 146 cm³/mol. The zero-order chi connectivity index (χ0) is 23.9. The highest BCUT2D eigenvalue weighted by molar-refractivity contribution is 4.98. The molecule has 0 amide bonds. The molecule has 4 nitrogen and oxygen atoms in total. The Morgan fingerprint density at radius 1 is 0.529 bits per heavy atom. The van der Waals surface area contributed by atoms with Crippen LogP contribution >= 0.6 is 0 Å². The van der Waals surface area contributed by atoms with Gasteiger partial charge < -0.3 is 11.5 Å². The number of nitrogens with two attached hydrogens (primary N) is 2. The lowest BCUT2D eigenvalue weighted by Crippen LogP contribution is -2.58. The summed E-state index contributed by atoms with van der Waals surface area (Å²) in [6.45, 7) is 7.49. The number of nitrogens with zero attached hydrogens (tertiary/aromatic N) is 2. The van der Waals surface area contributed by atoms with Crippen LogP contribution < -0.4 is 11.5 Å². The van der Waals surface area contributed by atoms with Crippen molar-refractivity contribution >= 4 is 0 Å². The van der Waals surface area contributed by atoms with Gasteiger partial charge in [-0.1, -0.05) is 64.2 Å². The van der Waals surface area contributed by atoms with Gasteiger partial charge in [-0.25, -0.2) is 0 Å². The minimum absolute atomic E-state index is 0.455. The lowest BCUT2D eigenvalue weighted by Gasteiger charge is -2.50. The van der Waals surface area contributed by atoms with Crippen molar-refractivity contribution in [3.05, 3.63) is 0 Å². The fourth-order valence-electron chi connectivity index (χ4n) is 8.59. The molecule has 8 atom stereocenters. The molecular formula is C30H58N4. The first-order chi connectivity index (χ1) is 16.6. The minimum Gasteiger partial charge on any atom is -0.327 e. The van der Waals surface area contributed by atoms with E-state index in [0.29, 0.717) is 24.2 Å². The van der Waals surface area contributed by atoms with Gasteiger partial charge in [-0.15, -0.1) is 0 Å². The summed E-state index contributed by atoms with van der Waals surface area (Å²) in [4.78, 5) is 5.72. The molecule has 4 N–H and O–H groups in total. The third kappa shape index (κ3) is 6.78. The number of unbranched alkanes of at least 4 members (excludes halogenated alkanes) is 7. The van der Waals surface area contributed by atoms with Crippen LogP contribution in [0.1, 0.15) is 129 Å². The highest BCUT2D eigenvalue weighted by atomic mass is 15.2. The van der Waals surface area contributed by atoms with E-state index in [1.807, 2.05) is 0 Å². The topological polar surface area (TPSA) is 58.5 Å². The van der Waals surface area contributed by atoms with Crippen molar-refractivity contribution < 1.29 is 0 Å². The molecule has 4 heteroatoms. The van der Waals surface area contributed by atoms with Gasteiger partial charge in [0.2, 0.25) is 0 Å². The molecule has 0 spiro atoms. The van der Waals surface area contributed by atoms with Crippen molar-refractivity contribution in [2.24, 2.45) is 23.3 Å². The number of rotatable bonds is 11. The summed E-state index contributed by atoms with van der Waals surface area (Å²) in [6.07, 6.45) is 25.0. The van der Waals surface area contributed by atoms with Crippen LogP contribution in [0.25, 0.3) is 0 Å². The Bertz CT molecular complexity index is 532. The molecule has 0 aromatic heterocycles. The summed E-state index contributed by atoms with van der Waals surface area (Å²) in [6, 6.07) is 3.87. The van der Waals surface area contributed by atoms with Gasteiger partial charge in [0, 0.05) is 36.3 Å². The molecule has 2 aliphatic heterocycles. The SMILES string of the molecule is CC1CC(N)C2CCCCC2N1CCCCCCCCCCN1C(C)CC(N)C2CCCCC21. The van der Waals surface area contributed by atoms with Gasteiger partial charge in [0.1, 0.15) is 0 Å². The van der Waals surface area contributed by atoms with E-state index < -0.39 is 0 Å². The summed E-state index contributed by atoms with van der Waals surface area (Å²) in [5, 5.41) is 0. The van der Waals surface area contributed by atoms with Crippen molar-refractivity contribution in [1.82, 2.24) is 9.80 Å². The Balaban J connectivity index is 1.04. The third-order valence-corrected chi connectivity index (χ3v) is 10.5.